The van der Waals surface area contributed by atoms with E-state index in [1.54, 1.807) is 19.2 Å². The van der Waals surface area contributed by atoms with Crippen molar-refractivity contribution in [2.45, 2.75) is 50.7 Å². The van der Waals surface area contributed by atoms with Crippen molar-refractivity contribution < 1.29 is 40.7 Å². The van der Waals surface area contributed by atoms with Gasteiger partial charge in [0.2, 0.25) is 17.9 Å². The van der Waals surface area contributed by atoms with Crippen LogP contribution < -0.4 is 16.4 Å². The topological polar surface area (TPSA) is 105 Å². The van der Waals surface area contributed by atoms with Gasteiger partial charge in [0.05, 0.1) is 0 Å². The van der Waals surface area contributed by atoms with Crippen molar-refractivity contribution in [1.29, 1.82) is 0 Å². The zero-order valence-electron chi connectivity index (χ0n) is 15.0. The standard InChI is InChI=1S/C14H22F6N4O3/c1-6(2)5-7(24(4)12(27)8(21)13(15,16)17)10(25)23-9(11(26)22-3)14(18,19)20/h6-9H,5,21H2,1-4H3,(H,22,26)(H,23,25)/t7?,8-,9-/m1/s1. The Morgan fingerprint density at radius 1 is 1.00 bits per heavy atom. The number of carbonyl (C=O) groups is 3. The SMILES string of the molecule is CNC(=O)[C@@H](NC(=O)C(CC(C)C)N(C)C(=O)[C@@H](N)C(F)(F)F)C(F)(F)F. The van der Waals surface area contributed by atoms with Gasteiger partial charge in [0.15, 0.2) is 6.04 Å². The Morgan fingerprint density at radius 2 is 1.48 bits per heavy atom. The van der Waals surface area contributed by atoms with Crippen LogP contribution in [0.1, 0.15) is 20.3 Å². The Kier molecular flexibility index (Phi) is 8.54. The second-order valence-corrected chi connectivity index (χ2v) is 6.21. The van der Waals surface area contributed by atoms with Gasteiger partial charge in [0.25, 0.3) is 5.91 Å². The highest BCUT2D eigenvalue weighted by atomic mass is 19.4. The minimum Gasteiger partial charge on any atom is -0.357 e. The van der Waals surface area contributed by atoms with Crippen molar-refractivity contribution in [3.8, 4) is 0 Å². The van der Waals surface area contributed by atoms with Crippen LogP contribution in [0.5, 0.6) is 0 Å². The zero-order chi connectivity index (χ0) is 21.7. The van der Waals surface area contributed by atoms with Gasteiger partial charge >= 0.3 is 12.4 Å². The molecular weight excluding hydrogens is 386 g/mol. The molecule has 158 valence electrons. The van der Waals surface area contributed by atoms with E-state index >= 15 is 0 Å². The second-order valence-electron chi connectivity index (χ2n) is 6.21. The molecule has 0 aromatic carbocycles. The molecule has 0 spiro atoms. The Morgan fingerprint density at radius 3 is 1.81 bits per heavy atom. The lowest BCUT2D eigenvalue weighted by Gasteiger charge is -2.32. The molecule has 0 aliphatic heterocycles. The maximum absolute atomic E-state index is 13.0. The van der Waals surface area contributed by atoms with E-state index in [2.05, 4.69) is 0 Å². The fourth-order valence-corrected chi connectivity index (χ4v) is 2.08. The molecule has 4 N–H and O–H groups in total. The number of nitrogens with one attached hydrogen (secondary N) is 2. The van der Waals surface area contributed by atoms with Crippen LogP contribution in [0.15, 0.2) is 0 Å². The van der Waals surface area contributed by atoms with Crippen LogP contribution in [0, 0.1) is 5.92 Å². The molecule has 7 nitrogen and oxygen atoms in total. The van der Waals surface area contributed by atoms with E-state index in [1.807, 2.05) is 0 Å². The summed E-state index contributed by atoms with van der Waals surface area (Å²) in [6.45, 7) is 3.09. The predicted octanol–water partition coefficient (Wildman–Crippen LogP) is 0.542. The van der Waals surface area contributed by atoms with E-state index in [0.717, 1.165) is 14.1 Å². The van der Waals surface area contributed by atoms with Crippen LogP contribution in [0.4, 0.5) is 26.3 Å². The number of nitrogens with two attached hydrogens (primary N) is 1. The van der Waals surface area contributed by atoms with E-state index in [1.165, 1.54) is 5.32 Å². The Hall–Kier alpha value is -2.05. The van der Waals surface area contributed by atoms with Crippen molar-refractivity contribution >= 4 is 17.7 Å². The lowest BCUT2D eigenvalue weighted by atomic mass is 10.0. The lowest BCUT2D eigenvalue weighted by Crippen LogP contribution is -2.61. The van der Waals surface area contributed by atoms with E-state index < -0.39 is 48.2 Å². The number of nitrogens with zero attached hydrogens (tertiary/aromatic N) is 1. The highest BCUT2D eigenvalue weighted by molar-refractivity contribution is 5.93. The Labute approximate surface area is 151 Å². The van der Waals surface area contributed by atoms with Gasteiger partial charge in [-0.3, -0.25) is 14.4 Å². The van der Waals surface area contributed by atoms with Gasteiger partial charge in [0.1, 0.15) is 6.04 Å². The largest absolute Gasteiger partial charge is 0.417 e. The minimum atomic E-state index is -5.15. The van der Waals surface area contributed by atoms with Crippen LogP contribution in [-0.4, -0.2) is 67.2 Å². The zero-order valence-corrected chi connectivity index (χ0v) is 15.0. The molecule has 0 saturated carbocycles. The molecule has 27 heavy (non-hydrogen) atoms. The van der Waals surface area contributed by atoms with Crippen molar-refractivity contribution in [1.82, 2.24) is 15.5 Å². The van der Waals surface area contributed by atoms with E-state index in [-0.39, 0.29) is 12.3 Å². The first kappa shape index (κ1) is 24.9. The number of halogens is 6. The summed E-state index contributed by atoms with van der Waals surface area (Å²) in [5.41, 5.74) is 4.81. The summed E-state index contributed by atoms with van der Waals surface area (Å²) in [4.78, 5) is 35.9. The molecule has 0 bridgehead atoms. The number of hydrogen-bond acceptors (Lipinski definition) is 4. The van der Waals surface area contributed by atoms with E-state index in [4.69, 9.17) is 5.73 Å². The highest BCUT2D eigenvalue weighted by Gasteiger charge is 2.48. The number of alkyl halides is 6. The molecule has 3 amide bonds. The summed E-state index contributed by atoms with van der Waals surface area (Å²) in [5.74, 6) is -5.06. The van der Waals surface area contributed by atoms with Crippen molar-refractivity contribution in [3.63, 3.8) is 0 Å². The van der Waals surface area contributed by atoms with Crippen LogP contribution in [0.25, 0.3) is 0 Å². The number of rotatable bonds is 7. The quantitative estimate of drug-likeness (QED) is 0.535. The number of amides is 3. The molecule has 13 heteroatoms. The molecule has 0 aromatic rings. The molecule has 0 saturated heterocycles. The van der Waals surface area contributed by atoms with Gasteiger partial charge < -0.3 is 21.3 Å². The third kappa shape index (κ3) is 7.23. The van der Waals surface area contributed by atoms with Crippen LogP contribution in [0.3, 0.4) is 0 Å². The van der Waals surface area contributed by atoms with Gasteiger partial charge in [-0.05, 0) is 12.3 Å². The smallest absolute Gasteiger partial charge is 0.357 e. The van der Waals surface area contributed by atoms with Crippen LogP contribution >= 0.6 is 0 Å². The molecule has 1 unspecified atom stereocenters. The van der Waals surface area contributed by atoms with Gasteiger partial charge in [-0.15, -0.1) is 0 Å². The summed E-state index contributed by atoms with van der Waals surface area (Å²) in [7, 11) is 1.74. The molecule has 0 aromatic heterocycles. The van der Waals surface area contributed by atoms with Gasteiger partial charge in [-0.25, -0.2) is 0 Å². The summed E-state index contributed by atoms with van der Waals surface area (Å²) >= 11 is 0. The summed E-state index contributed by atoms with van der Waals surface area (Å²) < 4.78 is 76.8. The first-order valence-electron chi connectivity index (χ1n) is 7.71. The molecule has 3 atom stereocenters. The number of likely N-dealkylation sites (N-methyl/N-ethyl adjacent to an activating group) is 2. The lowest BCUT2D eigenvalue weighted by molar-refractivity contribution is -0.175. The molecule has 0 rings (SSSR count). The third-order valence-electron chi connectivity index (χ3n) is 3.55. The first-order valence-corrected chi connectivity index (χ1v) is 7.71. The van der Waals surface area contributed by atoms with Gasteiger partial charge in [-0.2, -0.15) is 26.3 Å². The minimum absolute atomic E-state index is 0.253. The predicted molar refractivity (Wildman–Crippen MR) is 82.1 cm³/mol. The third-order valence-corrected chi connectivity index (χ3v) is 3.55. The summed E-state index contributed by atoms with van der Waals surface area (Å²) in [6.07, 6.45) is -10.5. The number of hydrogen-bond donors (Lipinski definition) is 3. The average molecular weight is 408 g/mol. The summed E-state index contributed by atoms with van der Waals surface area (Å²) in [5, 5.41) is 3.16. The maximum atomic E-state index is 13.0. The molecular formula is C14H22F6N4O3. The Balaban J connectivity index is 5.64. The molecule has 0 radical (unpaired) electrons. The first-order chi connectivity index (χ1) is 12.0. The number of carbonyl (C=O) groups excluding carboxylic acids is 3. The van der Waals surface area contributed by atoms with Crippen LogP contribution in [0.2, 0.25) is 0 Å². The molecule has 0 fully saturated rings. The highest BCUT2D eigenvalue weighted by Crippen LogP contribution is 2.23. The van der Waals surface area contributed by atoms with E-state index in [0.29, 0.717) is 4.90 Å². The van der Waals surface area contributed by atoms with Crippen molar-refractivity contribution in [3.05, 3.63) is 0 Å². The second kappa shape index (κ2) is 9.24. The molecule has 0 aliphatic rings. The van der Waals surface area contributed by atoms with E-state index in [9.17, 15) is 40.7 Å². The monoisotopic (exact) mass is 408 g/mol. The fraction of sp³-hybridized carbons (Fsp3) is 0.786. The average Bonchev–Trinajstić information content (AvgIpc) is 2.52. The maximum Gasteiger partial charge on any atom is 0.417 e. The van der Waals surface area contributed by atoms with Gasteiger partial charge in [0, 0.05) is 14.1 Å². The van der Waals surface area contributed by atoms with Crippen molar-refractivity contribution in [2.75, 3.05) is 14.1 Å². The van der Waals surface area contributed by atoms with Crippen molar-refractivity contribution in [2.24, 2.45) is 11.7 Å². The fourth-order valence-electron chi connectivity index (χ4n) is 2.08. The normalized spacial score (nSPS) is 15.7. The van der Waals surface area contributed by atoms with Gasteiger partial charge in [-0.1, -0.05) is 13.8 Å². The molecule has 0 aliphatic carbocycles. The van der Waals surface area contributed by atoms with Crippen LogP contribution in [-0.2, 0) is 14.4 Å². The molecule has 0 heterocycles. The Bertz CT molecular complexity index is 550. The summed E-state index contributed by atoms with van der Waals surface area (Å²) in [6, 6.07) is -7.56.